The fourth-order valence-electron chi connectivity index (χ4n) is 2.24. The lowest BCUT2D eigenvalue weighted by Crippen LogP contribution is -2.37. The van der Waals surface area contributed by atoms with Crippen LogP contribution in [-0.2, 0) is 4.79 Å². The number of likely N-dealkylation sites (N-methyl/N-ethyl adjacent to an activating group) is 1. The van der Waals surface area contributed by atoms with Gasteiger partial charge in [-0.25, -0.2) is 4.39 Å². The first kappa shape index (κ1) is 17.5. The van der Waals surface area contributed by atoms with Gasteiger partial charge in [-0.2, -0.15) is 0 Å². The second-order valence-corrected chi connectivity index (χ2v) is 5.08. The molecule has 0 fully saturated rings. The molecule has 2 aromatic carbocycles. The van der Waals surface area contributed by atoms with Gasteiger partial charge in [-0.3, -0.25) is 9.59 Å². The van der Waals surface area contributed by atoms with Crippen LogP contribution < -0.4 is 10.1 Å². The molecule has 0 heterocycles. The van der Waals surface area contributed by atoms with Crippen molar-refractivity contribution >= 4 is 17.5 Å². The molecule has 0 atom stereocenters. The SMILES string of the molecule is CCN(CC(=O)Nc1ccccc1OC)C(=O)c1cccc(F)c1. The zero-order valence-corrected chi connectivity index (χ0v) is 13.6. The third-order valence-electron chi connectivity index (χ3n) is 3.46. The van der Waals surface area contributed by atoms with E-state index in [0.29, 0.717) is 18.0 Å². The van der Waals surface area contributed by atoms with E-state index in [-0.39, 0.29) is 18.0 Å². The molecule has 0 aliphatic carbocycles. The molecule has 0 unspecified atom stereocenters. The number of halogens is 1. The third kappa shape index (κ3) is 4.32. The van der Waals surface area contributed by atoms with Crippen LogP contribution in [0.1, 0.15) is 17.3 Å². The quantitative estimate of drug-likeness (QED) is 0.886. The standard InChI is InChI=1S/C18H19FN2O3/c1-3-21(18(23)13-7-6-8-14(19)11-13)12-17(22)20-15-9-4-5-10-16(15)24-2/h4-11H,3,12H2,1-2H3,(H,20,22). The largest absolute Gasteiger partial charge is 0.495 e. The van der Waals surface area contributed by atoms with Gasteiger partial charge in [0, 0.05) is 12.1 Å². The Kier molecular flexibility index (Phi) is 5.89. The van der Waals surface area contributed by atoms with Gasteiger partial charge in [-0.15, -0.1) is 0 Å². The van der Waals surface area contributed by atoms with Gasteiger partial charge >= 0.3 is 0 Å². The number of para-hydroxylation sites is 2. The van der Waals surface area contributed by atoms with Crippen molar-refractivity contribution in [2.45, 2.75) is 6.92 Å². The Labute approximate surface area is 140 Å². The van der Waals surface area contributed by atoms with E-state index >= 15 is 0 Å². The minimum atomic E-state index is -0.490. The van der Waals surface area contributed by atoms with Crippen LogP contribution in [0.4, 0.5) is 10.1 Å². The van der Waals surface area contributed by atoms with E-state index in [4.69, 9.17) is 4.74 Å². The normalized spacial score (nSPS) is 10.1. The van der Waals surface area contributed by atoms with Crippen molar-refractivity contribution in [3.63, 3.8) is 0 Å². The third-order valence-corrected chi connectivity index (χ3v) is 3.46. The van der Waals surface area contributed by atoms with Crippen molar-refractivity contribution in [1.82, 2.24) is 4.90 Å². The molecule has 0 saturated carbocycles. The van der Waals surface area contributed by atoms with Crippen molar-refractivity contribution in [2.24, 2.45) is 0 Å². The van der Waals surface area contributed by atoms with Crippen molar-refractivity contribution in [1.29, 1.82) is 0 Å². The van der Waals surface area contributed by atoms with Gasteiger partial charge in [0.05, 0.1) is 12.8 Å². The van der Waals surface area contributed by atoms with Gasteiger partial charge in [0.25, 0.3) is 5.91 Å². The van der Waals surface area contributed by atoms with Crippen LogP contribution in [0.15, 0.2) is 48.5 Å². The summed E-state index contributed by atoms with van der Waals surface area (Å²) in [6.45, 7) is 1.95. The summed E-state index contributed by atoms with van der Waals surface area (Å²) < 4.78 is 18.4. The number of benzene rings is 2. The van der Waals surface area contributed by atoms with Crippen LogP contribution in [0.5, 0.6) is 5.75 Å². The van der Waals surface area contributed by atoms with E-state index < -0.39 is 11.7 Å². The summed E-state index contributed by atoms with van der Waals surface area (Å²) in [5.74, 6) is -0.709. The Balaban J connectivity index is 2.06. The Morgan fingerprint density at radius 3 is 2.58 bits per heavy atom. The molecule has 0 saturated heterocycles. The Morgan fingerprint density at radius 1 is 1.17 bits per heavy atom. The lowest BCUT2D eigenvalue weighted by atomic mass is 10.2. The van der Waals surface area contributed by atoms with Crippen LogP contribution in [0.2, 0.25) is 0 Å². The van der Waals surface area contributed by atoms with E-state index in [2.05, 4.69) is 5.32 Å². The lowest BCUT2D eigenvalue weighted by Gasteiger charge is -2.20. The maximum Gasteiger partial charge on any atom is 0.254 e. The molecule has 0 aromatic heterocycles. The number of hydrogen-bond donors (Lipinski definition) is 1. The van der Waals surface area contributed by atoms with E-state index in [9.17, 15) is 14.0 Å². The molecule has 0 aliphatic heterocycles. The summed E-state index contributed by atoms with van der Waals surface area (Å²) in [5, 5.41) is 2.71. The van der Waals surface area contributed by atoms with Crippen molar-refractivity contribution in [3.05, 3.63) is 59.9 Å². The summed E-state index contributed by atoms with van der Waals surface area (Å²) in [4.78, 5) is 26.0. The monoisotopic (exact) mass is 330 g/mol. The van der Waals surface area contributed by atoms with Gasteiger partial charge < -0.3 is 15.0 Å². The van der Waals surface area contributed by atoms with E-state index in [1.807, 2.05) is 0 Å². The van der Waals surface area contributed by atoms with Gasteiger partial charge in [-0.05, 0) is 37.3 Å². The molecular formula is C18H19FN2O3. The fraction of sp³-hybridized carbons (Fsp3) is 0.222. The fourth-order valence-corrected chi connectivity index (χ4v) is 2.24. The maximum absolute atomic E-state index is 13.3. The molecule has 2 amide bonds. The molecule has 5 nitrogen and oxygen atoms in total. The molecular weight excluding hydrogens is 311 g/mol. The highest BCUT2D eigenvalue weighted by molar-refractivity contribution is 5.99. The number of anilines is 1. The average molecular weight is 330 g/mol. The Hall–Kier alpha value is -2.89. The first-order valence-corrected chi connectivity index (χ1v) is 7.53. The van der Waals surface area contributed by atoms with Gasteiger partial charge in [0.15, 0.2) is 0 Å². The second kappa shape index (κ2) is 8.10. The summed E-state index contributed by atoms with van der Waals surface area (Å²) >= 11 is 0. The molecule has 24 heavy (non-hydrogen) atoms. The molecule has 0 aliphatic rings. The van der Waals surface area contributed by atoms with Gasteiger partial charge in [0.1, 0.15) is 18.1 Å². The molecule has 6 heteroatoms. The number of ether oxygens (including phenoxy) is 1. The molecule has 126 valence electrons. The van der Waals surface area contributed by atoms with E-state index in [0.717, 1.165) is 6.07 Å². The summed E-state index contributed by atoms with van der Waals surface area (Å²) in [6, 6.07) is 12.4. The first-order chi connectivity index (χ1) is 11.5. The average Bonchev–Trinajstić information content (AvgIpc) is 2.59. The molecule has 0 bridgehead atoms. The first-order valence-electron chi connectivity index (χ1n) is 7.53. The smallest absolute Gasteiger partial charge is 0.254 e. The minimum Gasteiger partial charge on any atom is -0.495 e. The van der Waals surface area contributed by atoms with Crippen LogP contribution in [0.25, 0.3) is 0 Å². The van der Waals surface area contributed by atoms with Crippen molar-refractivity contribution in [3.8, 4) is 5.75 Å². The predicted octanol–water partition coefficient (Wildman–Crippen LogP) is 2.94. The number of hydrogen-bond acceptors (Lipinski definition) is 3. The molecule has 0 spiro atoms. The number of amides is 2. The van der Waals surface area contributed by atoms with Crippen molar-refractivity contribution < 1.29 is 18.7 Å². The minimum absolute atomic E-state index is 0.135. The number of methoxy groups -OCH3 is 1. The molecule has 2 aromatic rings. The van der Waals surface area contributed by atoms with Crippen molar-refractivity contribution in [2.75, 3.05) is 25.5 Å². The molecule has 0 radical (unpaired) electrons. The summed E-state index contributed by atoms with van der Waals surface area (Å²) in [7, 11) is 1.51. The number of nitrogens with one attached hydrogen (secondary N) is 1. The zero-order chi connectivity index (χ0) is 17.5. The Bertz CT molecular complexity index is 734. The predicted molar refractivity (Wildman–Crippen MR) is 89.6 cm³/mol. The maximum atomic E-state index is 13.3. The van der Waals surface area contributed by atoms with Crippen LogP contribution in [0, 0.1) is 5.82 Å². The number of carbonyl (C=O) groups is 2. The number of nitrogens with zero attached hydrogens (tertiary/aromatic N) is 1. The highest BCUT2D eigenvalue weighted by Crippen LogP contribution is 2.22. The second-order valence-electron chi connectivity index (χ2n) is 5.08. The van der Waals surface area contributed by atoms with Gasteiger partial charge in [-0.1, -0.05) is 18.2 Å². The number of carbonyl (C=O) groups excluding carboxylic acids is 2. The van der Waals surface area contributed by atoms with Crippen LogP contribution in [0.3, 0.4) is 0 Å². The van der Waals surface area contributed by atoms with E-state index in [1.54, 1.807) is 31.2 Å². The van der Waals surface area contributed by atoms with Crippen LogP contribution in [-0.4, -0.2) is 36.9 Å². The molecule has 1 N–H and O–H groups in total. The highest BCUT2D eigenvalue weighted by Gasteiger charge is 2.18. The molecule has 2 rings (SSSR count). The van der Waals surface area contributed by atoms with Gasteiger partial charge in [0.2, 0.25) is 5.91 Å². The highest BCUT2D eigenvalue weighted by atomic mass is 19.1. The van der Waals surface area contributed by atoms with Crippen LogP contribution >= 0.6 is 0 Å². The van der Waals surface area contributed by atoms with E-state index in [1.165, 1.54) is 30.2 Å². The zero-order valence-electron chi connectivity index (χ0n) is 13.6. The lowest BCUT2D eigenvalue weighted by molar-refractivity contribution is -0.116. The summed E-state index contributed by atoms with van der Waals surface area (Å²) in [6.07, 6.45) is 0. The Morgan fingerprint density at radius 2 is 1.92 bits per heavy atom. The summed E-state index contributed by atoms with van der Waals surface area (Å²) in [5.41, 5.74) is 0.737. The topological polar surface area (TPSA) is 58.6 Å². The number of rotatable bonds is 6.